The molecule has 1 aliphatic rings. The van der Waals surface area contributed by atoms with E-state index in [1.165, 1.54) is 22.3 Å². The Kier molecular flexibility index (Phi) is 6.42. The van der Waals surface area contributed by atoms with Crippen molar-refractivity contribution >= 4 is 11.6 Å². The van der Waals surface area contributed by atoms with Crippen LogP contribution in [0.2, 0.25) is 0 Å². The molecule has 2 aromatic heterocycles. The lowest BCUT2D eigenvalue weighted by atomic mass is 9.92. The summed E-state index contributed by atoms with van der Waals surface area (Å²) in [7, 11) is 1.74. The lowest BCUT2D eigenvalue weighted by Crippen LogP contribution is -2.33. The number of piperidine rings is 1. The molecule has 1 saturated heterocycles. The number of benzene rings is 1. The molecule has 3 heterocycles. The van der Waals surface area contributed by atoms with E-state index >= 15 is 0 Å². The first-order valence-corrected chi connectivity index (χ1v) is 10.8. The Morgan fingerprint density at radius 2 is 1.77 bits per heavy atom. The standard InChI is InChI=1S/C24H30N6O/c1-16-11-22(31-4)18(3)17(2)20(16)15-30-9-5-19(6-10-30)21-12-26-14-24(28-21)29-23-13-25-7-8-27-23/h7-8,11-14,19H,5-6,9-10,15H2,1-4H3,(H,27,28,29). The highest BCUT2D eigenvalue weighted by Crippen LogP contribution is 2.31. The van der Waals surface area contributed by atoms with E-state index in [-0.39, 0.29) is 0 Å². The number of rotatable bonds is 6. The number of aromatic nitrogens is 4. The normalized spacial score (nSPS) is 15.1. The van der Waals surface area contributed by atoms with Crippen molar-refractivity contribution in [2.75, 3.05) is 25.5 Å². The Bertz CT molecular complexity index is 1030. The van der Waals surface area contributed by atoms with E-state index in [1.54, 1.807) is 31.9 Å². The fourth-order valence-electron chi connectivity index (χ4n) is 4.30. The van der Waals surface area contributed by atoms with Crippen LogP contribution in [-0.4, -0.2) is 45.0 Å². The predicted octanol–water partition coefficient (Wildman–Crippen LogP) is 4.32. The molecule has 1 aromatic carbocycles. The zero-order valence-electron chi connectivity index (χ0n) is 18.7. The molecule has 1 fully saturated rings. The van der Waals surface area contributed by atoms with Crippen molar-refractivity contribution in [3.8, 4) is 5.75 Å². The third-order valence-electron chi connectivity index (χ3n) is 6.29. The van der Waals surface area contributed by atoms with Gasteiger partial charge in [-0.05, 0) is 75.0 Å². The van der Waals surface area contributed by atoms with Crippen LogP contribution in [0.3, 0.4) is 0 Å². The fourth-order valence-corrected chi connectivity index (χ4v) is 4.30. The largest absolute Gasteiger partial charge is 0.496 e. The maximum Gasteiger partial charge on any atom is 0.150 e. The number of nitrogens with zero attached hydrogens (tertiary/aromatic N) is 5. The van der Waals surface area contributed by atoms with Gasteiger partial charge in [-0.3, -0.25) is 14.9 Å². The monoisotopic (exact) mass is 418 g/mol. The molecule has 3 aromatic rings. The molecular formula is C24H30N6O. The molecule has 31 heavy (non-hydrogen) atoms. The first-order chi connectivity index (χ1) is 15.0. The SMILES string of the molecule is COc1cc(C)c(CN2CCC(c3cncc(Nc4cnccn4)n3)CC2)c(C)c1C. The van der Waals surface area contributed by atoms with Crippen molar-refractivity contribution in [1.29, 1.82) is 0 Å². The van der Waals surface area contributed by atoms with Gasteiger partial charge in [0.1, 0.15) is 17.4 Å². The summed E-state index contributed by atoms with van der Waals surface area (Å²) in [5, 5.41) is 3.18. The van der Waals surface area contributed by atoms with Gasteiger partial charge in [0.2, 0.25) is 0 Å². The van der Waals surface area contributed by atoms with Crippen LogP contribution >= 0.6 is 0 Å². The number of ether oxygens (including phenoxy) is 1. The highest BCUT2D eigenvalue weighted by Gasteiger charge is 2.23. The number of methoxy groups -OCH3 is 1. The van der Waals surface area contributed by atoms with Gasteiger partial charge in [-0.1, -0.05) is 0 Å². The second kappa shape index (κ2) is 9.39. The smallest absolute Gasteiger partial charge is 0.150 e. The second-order valence-electron chi connectivity index (χ2n) is 8.22. The van der Waals surface area contributed by atoms with Gasteiger partial charge < -0.3 is 10.1 Å². The molecule has 1 N–H and O–H groups in total. The van der Waals surface area contributed by atoms with Crippen LogP contribution in [0.1, 0.15) is 46.7 Å². The molecule has 0 unspecified atom stereocenters. The Hall–Kier alpha value is -3.06. The van der Waals surface area contributed by atoms with Crippen LogP contribution in [0.25, 0.3) is 0 Å². The zero-order valence-corrected chi connectivity index (χ0v) is 18.7. The van der Waals surface area contributed by atoms with Gasteiger partial charge >= 0.3 is 0 Å². The van der Waals surface area contributed by atoms with Gasteiger partial charge in [-0.25, -0.2) is 9.97 Å². The topological polar surface area (TPSA) is 76.1 Å². The summed E-state index contributed by atoms with van der Waals surface area (Å²) in [5.41, 5.74) is 6.34. The van der Waals surface area contributed by atoms with Crippen LogP contribution < -0.4 is 10.1 Å². The summed E-state index contributed by atoms with van der Waals surface area (Å²) in [6.45, 7) is 9.62. The van der Waals surface area contributed by atoms with Crippen molar-refractivity contribution < 1.29 is 4.74 Å². The fraction of sp³-hybridized carbons (Fsp3) is 0.417. The molecule has 0 atom stereocenters. The predicted molar refractivity (Wildman–Crippen MR) is 122 cm³/mol. The molecule has 162 valence electrons. The maximum atomic E-state index is 5.52. The minimum atomic E-state index is 0.423. The van der Waals surface area contributed by atoms with Gasteiger partial charge in [0, 0.05) is 31.1 Å². The van der Waals surface area contributed by atoms with Crippen LogP contribution in [0.5, 0.6) is 5.75 Å². The molecule has 1 aliphatic heterocycles. The van der Waals surface area contributed by atoms with Gasteiger partial charge in [0.15, 0.2) is 0 Å². The van der Waals surface area contributed by atoms with Crippen molar-refractivity contribution in [1.82, 2.24) is 24.8 Å². The third kappa shape index (κ3) is 4.82. The summed E-state index contributed by atoms with van der Waals surface area (Å²) >= 11 is 0. The first-order valence-electron chi connectivity index (χ1n) is 10.8. The Morgan fingerprint density at radius 1 is 1.00 bits per heavy atom. The average molecular weight is 419 g/mol. The van der Waals surface area contributed by atoms with Crippen molar-refractivity contribution in [2.45, 2.75) is 46.1 Å². The van der Waals surface area contributed by atoms with E-state index in [4.69, 9.17) is 9.72 Å². The molecule has 0 bridgehead atoms. The van der Waals surface area contributed by atoms with E-state index in [0.717, 1.165) is 43.9 Å². The minimum Gasteiger partial charge on any atom is -0.496 e. The number of likely N-dealkylation sites (tertiary alicyclic amines) is 1. The summed E-state index contributed by atoms with van der Waals surface area (Å²) in [6.07, 6.45) is 10.8. The molecule has 0 aliphatic carbocycles. The highest BCUT2D eigenvalue weighted by atomic mass is 16.5. The minimum absolute atomic E-state index is 0.423. The molecule has 7 nitrogen and oxygen atoms in total. The lowest BCUT2D eigenvalue weighted by Gasteiger charge is -2.32. The van der Waals surface area contributed by atoms with E-state index in [1.807, 2.05) is 6.20 Å². The molecule has 7 heteroatoms. The maximum absolute atomic E-state index is 5.52. The molecular weight excluding hydrogens is 388 g/mol. The van der Waals surface area contributed by atoms with E-state index in [9.17, 15) is 0 Å². The molecule has 4 rings (SSSR count). The Labute approximate surface area is 183 Å². The van der Waals surface area contributed by atoms with Gasteiger partial charge in [0.05, 0.1) is 25.2 Å². The quantitative estimate of drug-likeness (QED) is 0.639. The number of hydrogen-bond acceptors (Lipinski definition) is 7. The average Bonchev–Trinajstić information content (AvgIpc) is 2.80. The number of nitrogens with one attached hydrogen (secondary N) is 1. The van der Waals surface area contributed by atoms with Crippen LogP contribution in [0.4, 0.5) is 11.6 Å². The van der Waals surface area contributed by atoms with Crippen LogP contribution in [-0.2, 0) is 6.54 Å². The van der Waals surface area contributed by atoms with Crippen molar-refractivity contribution in [3.05, 3.63) is 65.0 Å². The number of anilines is 2. The Balaban J connectivity index is 1.39. The summed E-state index contributed by atoms with van der Waals surface area (Å²) in [5.74, 6) is 2.78. The molecule has 0 amide bonds. The summed E-state index contributed by atoms with van der Waals surface area (Å²) in [4.78, 5) is 20.0. The first kappa shape index (κ1) is 21.2. The number of aryl methyl sites for hydroxylation is 1. The highest BCUT2D eigenvalue weighted by molar-refractivity contribution is 5.49. The second-order valence-corrected chi connectivity index (χ2v) is 8.22. The zero-order chi connectivity index (χ0) is 21.8. The van der Waals surface area contributed by atoms with E-state index in [0.29, 0.717) is 17.6 Å². The molecule has 0 spiro atoms. The van der Waals surface area contributed by atoms with Crippen molar-refractivity contribution in [3.63, 3.8) is 0 Å². The van der Waals surface area contributed by atoms with Crippen molar-refractivity contribution in [2.24, 2.45) is 0 Å². The molecule has 0 radical (unpaired) electrons. The van der Waals surface area contributed by atoms with Gasteiger partial charge in [-0.2, -0.15) is 0 Å². The third-order valence-corrected chi connectivity index (χ3v) is 6.29. The van der Waals surface area contributed by atoms with Crippen LogP contribution in [0.15, 0.2) is 37.1 Å². The van der Waals surface area contributed by atoms with E-state index in [2.05, 4.69) is 52.0 Å². The summed E-state index contributed by atoms with van der Waals surface area (Å²) in [6, 6.07) is 2.16. The number of hydrogen-bond donors (Lipinski definition) is 1. The van der Waals surface area contributed by atoms with Crippen LogP contribution in [0, 0.1) is 20.8 Å². The van der Waals surface area contributed by atoms with Gasteiger partial charge in [0.25, 0.3) is 0 Å². The molecule has 0 saturated carbocycles. The Morgan fingerprint density at radius 3 is 2.48 bits per heavy atom. The summed E-state index contributed by atoms with van der Waals surface area (Å²) < 4.78 is 5.52. The lowest BCUT2D eigenvalue weighted by molar-refractivity contribution is 0.202. The van der Waals surface area contributed by atoms with Gasteiger partial charge in [-0.15, -0.1) is 0 Å². The van der Waals surface area contributed by atoms with E-state index < -0.39 is 0 Å².